The summed E-state index contributed by atoms with van der Waals surface area (Å²) in [6.45, 7) is 0.200. The van der Waals surface area contributed by atoms with Gasteiger partial charge in [0.25, 0.3) is 0 Å². The number of carbonyl (C=O) groups excluding carboxylic acids is 1. The largest absolute Gasteiger partial charge is 0.393 e. The number of aromatic nitrogens is 2. The molecule has 2 aromatic carbocycles. The van der Waals surface area contributed by atoms with E-state index in [1.54, 1.807) is 17.0 Å². The quantitative estimate of drug-likeness (QED) is 0.590. The predicted molar refractivity (Wildman–Crippen MR) is 116 cm³/mol. The summed E-state index contributed by atoms with van der Waals surface area (Å²) in [6, 6.07) is 22.0. The number of likely N-dealkylation sites (tertiary alicyclic amines) is 1. The fourth-order valence-corrected chi connectivity index (χ4v) is 4.07. The predicted octanol–water partition coefficient (Wildman–Crippen LogP) is 4.42. The fourth-order valence-electron chi connectivity index (χ4n) is 4.07. The van der Waals surface area contributed by atoms with Crippen molar-refractivity contribution in [3.8, 4) is 11.3 Å². The van der Waals surface area contributed by atoms with Crippen LogP contribution in [-0.4, -0.2) is 47.3 Å². The van der Waals surface area contributed by atoms with Crippen molar-refractivity contribution >= 4 is 11.7 Å². The van der Waals surface area contributed by atoms with Crippen LogP contribution in [0.3, 0.4) is 0 Å². The Balaban J connectivity index is 1.50. The maximum absolute atomic E-state index is 13.8. The van der Waals surface area contributed by atoms with Crippen LogP contribution in [0.2, 0.25) is 0 Å². The second kappa shape index (κ2) is 9.08. The SMILES string of the molecule is CN(C(=O)[C@H]1CN(Cc2ccccc2)C[C@@H]1C(F)(F)F)c1ccc(-c2ccccc2)nn1. The van der Waals surface area contributed by atoms with Gasteiger partial charge in [0.1, 0.15) is 0 Å². The van der Waals surface area contributed by atoms with Crippen molar-refractivity contribution in [2.45, 2.75) is 12.7 Å². The third-order valence-electron chi connectivity index (χ3n) is 5.78. The van der Waals surface area contributed by atoms with Gasteiger partial charge in [-0.2, -0.15) is 13.2 Å². The molecule has 0 spiro atoms. The molecule has 32 heavy (non-hydrogen) atoms. The number of hydrogen-bond donors (Lipinski definition) is 0. The van der Waals surface area contributed by atoms with E-state index in [0.717, 1.165) is 11.1 Å². The van der Waals surface area contributed by atoms with Gasteiger partial charge < -0.3 is 0 Å². The normalized spacial score (nSPS) is 19.1. The van der Waals surface area contributed by atoms with E-state index in [1.807, 2.05) is 60.7 Å². The first kappa shape index (κ1) is 22.0. The molecule has 4 rings (SSSR count). The van der Waals surface area contributed by atoms with Crippen molar-refractivity contribution in [2.24, 2.45) is 11.8 Å². The Morgan fingerprint density at radius 3 is 2.22 bits per heavy atom. The lowest BCUT2D eigenvalue weighted by Gasteiger charge is -2.25. The maximum Gasteiger partial charge on any atom is 0.393 e. The Morgan fingerprint density at radius 1 is 0.969 bits per heavy atom. The zero-order valence-electron chi connectivity index (χ0n) is 17.5. The summed E-state index contributed by atoms with van der Waals surface area (Å²) in [4.78, 5) is 16.0. The smallest absolute Gasteiger partial charge is 0.298 e. The molecule has 1 saturated heterocycles. The van der Waals surface area contributed by atoms with Crippen LogP contribution in [0.15, 0.2) is 72.8 Å². The van der Waals surface area contributed by atoms with E-state index in [2.05, 4.69) is 10.2 Å². The number of anilines is 1. The van der Waals surface area contributed by atoms with Crippen LogP contribution in [-0.2, 0) is 11.3 Å². The van der Waals surface area contributed by atoms with Gasteiger partial charge in [0.15, 0.2) is 5.82 Å². The molecule has 2 heterocycles. The molecule has 1 aliphatic heterocycles. The number of alkyl halides is 3. The topological polar surface area (TPSA) is 49.3 Å². The molecule has 0 unspecified atom stereocenters. The van der Waals surface area contributed by atoms with E-state index in [4.69, 9.17) is 0 Å². The van der Waals surface area contributed by atoms with E-state index in [1.165, 1.54) is 11.9 Å². The van der Waals surface area contributed by atoms with Gasteiger partial charge in [-0.15, -0.1) is 10.2 Å². The molecule has 5 nitrogen and oxygen atoms in total. The first-order valence-electron chi connectivity index (χ1n) is 10.3. The summed E-state index contributed by atoms with van der Waals surface area (Å²) < 4.78 is 41.3. The highest BCUT2D eigenvalue weighted by molar-refractivity contribution is 5.94. The van der Waals surface area contributed by atoms with Crippen LogP contribution in [0.5, 0.6) is 0 Å². The van der Waals surface area contributed by atoms with E-state index in [-0.39, 0.29) is 18.9 Å². The number of hydrogen-bond acceptors (Lipinski definition) is 4. The van der Waals surface area contributed by atoms with Crippen LogP contribution in [0, 0.1) is 11.8 Å². The highest BCUT2D eigenvalue weighted by Crippen LogP contribution is 2.39. The molecule has 0 radical (unpaired) electrons. The molecule has 3 aromatic rings. The zero-order valence-corrected chi connectivity index (χ0v) is 17.5. The van der Waals surface area contributed by atoms with Gasteiger partial charge in [-0.3, -0.25) is 14.6 Å². The summed E-state index contributed by atoms with van der Waals surface area (Å²) in [5.41, 5.74) is 2.40. The monoisotopic (exact) mass is 440 g/mol. The van der Waals surface area contributed by atoms with Crippen LogP contribution >= 0.6 is 0 Å². The van der Waals surface area contributed by atoms with E-state index < -0.39 is 23.9 Å². The average molecular weight is 440 g/mol. The number of rotatable bonds is 5. The summed E-state index contributed by atoms with van der Waals surface area (Å²) in [7, 11) is 1.45. The average Bonchev–Trinajstić information content (AvgIpc) is 3.24. The molecule has 0 bridgehead atoms. The van der Waals surface area contributed by atoms with Crippen molar-refractivity contribution in [1.82, 2.24) is 15.1 Å². The minimum atomic E-state index is -4.46. The minimum Gasteiger partial charge on any atom is -0.298 e. The Labute approximate surface area is 184 Å². The highest BCUT2D eigenvalue weighted by Gasteiger charge is 2.53. The van der Waals surface area contributed by atoms with Crippen molar-refractivity contribution < 1.29 is 18.0 Å². The molecule has 0 N–H and O–H groups in total. The lowest BCUT2D eigenvalue weighted by Crippen LogP contribution is -2.41. The van der Waals surface area contributed by atoms with E-state index in [9.17, 15) is 18.0 Å². The summed E-state index contributed by atoms with van der Waals surface area (Å²) in [5, 5.41) is 8.22. The maximum atomic E-state index is 13.8. The van der Waals surface area contributed by atoms with E-state index in [0.29, 0.717) is 12.2 Å². The molecule has 0 aliphatic carbocycles. The Bertz CT molecular complexity index is 1040. The summed E-state index contributed by atoms with van der Waals surface area (Å²) in [6.07, 6.45) is -4.46. The second-order valence-corrected chi connectivity index (χ2v) is 7.97. The van der Waals surface area contributed by atoms with Gasteiger partial charge in [-0.25, -0.2) is 0 Å². The van der Waals surface area contributed by atoms with Crippen LogP contribution in [0.4, 0.5) is 19.0 Å². The van der Waals surface area contributed by atoms with Gasteiger partial charge in [0, 0.05) is 32.2 Å². The first-order chi connectivity index (χ1) is 15.3. The first-order valence-corrected chi connectivity index (χ1v) is 10.3. The molecule has 1 aliphatic rings. The standard InChI is InChI=1S/C24H23F3N4O/c1-30(22-13-12-21(28-29-22)18-10-6-3-7-11-18)23(32)19-15-31(16-20(19)24(25,26)27)14-17-8-4-2-5-9-17/h2-13,19-20H,14-16H2,1H3/t19-,20-/m0/s1. The number of carbonyl (C=O) groups is 1. The molecule has 2 atom stereocenters. The van der Waals surface area contributed by atoms with Gasteiger partial charge in [0.2, 0.25) is 5.91 Å². The molecular weight excluding hydrogens is 417 g/mol. The Kier molecular flexibility index (Phi) is 6.23. The van der Waals surface area contributed by atoms with Crippen molar-refractivity contribution in [3.63, 3.8) is 0 Å². The van der Waals surface area contributed by atoms with Gasteiger partial charge in [-0.05, 0) is 17.7 Å². The molecule has 0 saturated carbocycles. The minimum absolute atomic E-state index is 0.0395. The third kappa shape index (κ3) is 4.80. The van der Waals surface area contributed by atoms with Crippen LogP contribution in [0.25, 0.3) is 11.3 Å². The summed E-state index contributed by atoms with van der Waals surface area (Å²) >= 11 is 0. The molecule has 8 heteroatoms. The second-order valence-electron chi connectivity index (χ2n) is 7.97. The van der Waals surface area contributed by atoms with Gasteiger partial charge >= 0.3 is 6.18 Å². The lowest BCUT2D eigenvalue weighted by molar-refractivity contribution is -0.182. The molecule has 1 aromatic heterocycles. The Hall–Kier alpha value is -3.26. The van der Waals surface area contributed by atoms with Crippen molar-refractivity contribution in [2.75, 3.05) is 25.0 Å². The van der Waals surface area contributed by atoms with Crippen LogP contribution < -0.4 is 4.90 Å². The number of halogens is 3. The molecule has 1 fully saturated rings. The molecular formula is C24H23F3N4O. The van der Waals surface area contributed by atoms with E-state index >= 15 is 0 Å². The zero-order chi connectivity index (χ0) is 22.7. The third-order valence-corrected chi connectivity index (χ3v) is 5.78. The molecule has 166 valence electrons. The molecule has 1 amide bonds. The fraction of sp³-hybridized carbons (Fsp3) is 0.292. The number of nitrogens with zero attached hydrogens (tertiary/aromatic N) is 4. The summed E-state index contributed by atoms with van der Waals surface area (Å²) in [5.74, 6) is -3.31. The highest BCUT2D eigenvalue weighted by atomic mass is 19.4. The van der Waals surface area contributed by atoms with Gasteiger partial charge in [0.05, 0.1) is 17.5 Å². The number of benzene rings is 2. The lowest BCUT2D eigenvalue weighted by atomic mass is 9.94. The number of amides is 1. The van der Waals surface area contributed by atoms with Crippen LogP contribution in [0.1, 0.15) is 5.56 Å². The van der Waals surface area contributed by atoms with Gasteiger partial charge in [-0.1, -0.05) is 60.7 Å². The van der Waals surface area contributed by atoms with Crippen molar-refractivity contribution in [3.05, 3.63) is 78.4 Å². The Morgan fingerprint density at radius 2 is 1.62 bits per heavy atom. The van der Waals surface area contributed by atoms with Crippen molar-refractivity contribution in [1.29, 1.82) is 0 Å².